The topological polar surface area (TPSA) is 34.1 Å². The average Bonchev–Trinajstić information content (AvgIpc) is 2.19. The Balaban J connectivity index is 3.67. The summed E-state index contributed by atoms with van der Waals surface area (Å²) in [6.45, 7) is 6.01. The van der Waals surface area contributed by atoms with Crippen molar-refractivity contribution in [1.82, 2.24) is 0 Å². The van der Waals surface area contributed by atoms with Gasteiger partial charge in [0.1, 0.15) is 12.1 Å². The summed E-state index contributed by atoms with van der Waals surface area (Å²) < 4.78 is 0. The van der Waals surface area contributed by atoms with E-state index in [0.29, 0.717) is 12.2 Å². The summed E-state index contributed by atoms with van der Waals surface area (Å²) in [5.41, 5.74) is 0. The molecule has 2 nitrogen and oxygen atoms in total. The molecule has 0 aromatic carbocycles. The van der Waals surface area contributed by atoms with Crippen molar-refractivity contribution in [2.24, 2.45) is 11.8 Å². The molecule has 0 rings (SSSR count). The van der Waals surface area contributed by atoms with Crippen LogP contribution in [0.15, 0.2) is 0 Å². The Labute approximate surface area is 87.1 Å². The highest BCUT2D eigenvalue weighted by molar-refractivity contribution is 5.80. The fourth-order valence-corrected chi connectivity index (χ4v) is 1.61. The minimum atomic E-state index is 0.101. The van der Waals surface area contributed by atoms with Crippen LogP contribution in [0, 0.1) is 11.8 Å². The molecule has 0 fully saturated rings. The SMILES string of the molecule is CCC(CC)C(=O)CCCC(C)C=O. The average molecular weight is 198 g/mol. The van der Waals surface area contributed by atoms with Crippen LogP contribution in [0.3, 0.4) is 0 Å². The molecule has 0 N–H and O–H groups in total. The molecular weight excluding hydrogens is 176 g/mol. The van der Waals surface area contributed by atoms with E-state index in [9.17, 15) is 9.59 Å². The number of Topliss-reactive ketones (excluding diaryl/α,β-unsaturated/α-hetero) is 1. The van der Waals surface area contributed by atoms with Gasteiger partial charge in [-0.3, -0.25) is 4.79 Å². The molecule has 0 amide bonds. The van der Waals surface area contributed by atoms with Crippen molar-refractivity contribution >= 4 is 12.1 Å². The van der Waals surface area contributed by atoms with Crippen LogP contribution in [-0.2, 0) is 9.59 Å². The van der Waals surface area contributed by atoms with E-state index in [2.05, 4.69) is 13.8 Å². The molecule has 0 aromatic heterocycles. The first-order chi connectivity index (χ1) is 6.65. The summed E-state index contributed by atoms with van der Waals surface area (Å²) in [6.07, 6.45) is 5.19. The van der Waals surface area contributed by atoms with E-state index in [1.165, 1.54) is 0 Å². The molecule has 1 unspecified atom stereocenters. The summed E-state index contributed by atoms with van der Waals surface area (Å²) >= 11 is 0. The normalized spacial score (nSPS) is 12.9. The fraction of sp³-hybridized carbons (Fsp3) is 0.833. The monoisotopic (exact) mass is 198 g/mol. The molecule has 0 aliphatic heterocycles. The van der Waals surface area contributed by atoms with E-state index in [1.54, 1.807) is 0 Å². The van der Waals surface area contributed by atoms with Gasteiger partial charge in [-0.2, -0.15) is 0 Å². The second-order valence-electron chi connectivity index (χ2n) is 3.99. The molecule has 82 valence electrons. The molecule has 0 radical (unpaired) electrons. The molecular formula is C12H22O2. The third kappa shape index (κ3) is 5.15. The van der Waals surface area contributed by atoms with Gasteiger partial charge in [-0.15, -0.1) is 0 Å². The minimum Gasteiger partial charge on any atom is -0.303 e. The van der Waals surface area contributed by atoms with Crippen LogP contribution in [0.1, 0.15) is 52.9 Å². The molecule has 0 spiro atoms. The number of carbonyl (C=O) groups is 2. The predicted octanol–water partition coefficient (Wildman–Crippen LogP) is 3.00. The lowest BCUT2D eigenvalue weighted by Crippen LogP contribution is -2.12. The van der Waals surface area contributed by atoms with Gasteiger partial charge in [0.25, 0.3) is 0 Å². The van der Waals surface area contributed by atoms with Crippen LogP contribution in [0.2, 0.25) is 0 Å². The standard InChI is InChI=1S/C12H22O2/c1-4-11(5-2)12(14)8-6-7-10(3)9-13/h9-11H,4-8H2,1-3H3. The number of hydrogen-bond donors (Lipinski definition) is 0. The van der Waals surface area contributed by atoms with Crippen molar-refractivity contribution in [3.05, 3.63) is 0 Å². The van der Waals surface area contributed by atoms with E-state index < -0.39 is 0 Å². The molecule has 2 heteroatoms. The van der Waals surface area contributed by atoms with E-state index in [4.69, 9.17) is 0 Å². The summed E-state index contributed by atoms with van der Waals surface area (Å²) in [5.74, 6) is 0.708. The fourth-order valence-electron chi connectivity index (χ4n) is 1.61. The third-order valence-corrected chi connectivity index (χ3v) is 2.76. The van der Waals surface area contributed by atoms with Crippen LogP contribution in [0.5, 0.6) is 0 Å². The van der Waals surface area contributed by atoms with Crippen molar-refractivity contribution in [3.63, 3.8) is 0 Å². The maximum atomic E-state index is 11.6. The van der Waals surface area contributed by atoms with E-state index in [-0.39, 0.29) is 11.8 Å². The first-order valence-electron chi connectivity index (χ1n) is 5.63. The Hall–Kier alpha value is -0.660. The lowest BCUT2D eigenvalue weighted by molar-refractivity contribution is -0.123. The zero-order valence-electron chi connectivity index (χ0n) is 9.58. The second kappa shape index (κ2) is 7.72. The summed E-state index contributed by atoms with van der Waals surface area (Å²) in [5, 5.41) is 0. The van der Waals surface area contributed by atoms with Gasteiger partial charge in [0.05, 0.1) is 0 Å². The third-order valence-electron chi connectivity index (χ3n) is 2.76. The van der Waals surface area contributed by atoms with Gasteiger partial charge in [0.2, 0.25) is 0 Å². The van der Waals surface area contributed by atoms with Gasteiger partial charge in [0.15, 0.2) is 0 Å². The number of carbonyl (C=O) groups excluding carboxylic acids is 2. The Morgan fingerprint density at radius 1 is 1.29 bits per heavy atom. The molecule has 0 bridgehead atoms. The molecule has 0 heterocycles. The Bertz CT molecular complexity index is 171. The van der Waals surface area contributed by atoms with Gasteiger partial charge < -0.3 is 4.79 Å². The lowest BCUT2D eigenvalue weighted by atomic mass is 9.93. The van der Waals surface area contributed by atoms with Crippen molar-refractivity contribution < 1.29 is 9.59 Å². The van der Waals surface area contributed by atoms with Crippen LogP contribution < -0.4 is 0 Å². The van der Waals surface area contributed by atoms with Crippen LogP contribution in [0.4, 0.5) is 0 Å². The van der Waals surface area contributed by atoms with Crippen LogP contribution >= 0.6 is 0 Å². The number of aldehydes is 1. The van der Waals surface area contributed by atoms with Gasteiger partial charge in [-0.05, 0) is 25.7 Å². The number of hydrogen-bond acceptors (Lipinski definition) is 2. The van der Waals surface area contributed by atoms with Crippen molar-refractivity contribution in [2.75, 3.05) is 0 Å². The summed E-state index contributed by atoms with van der Waals surface area (Å²) in [6, 6.07) is 0. The molecule has 14 heavy (non-hydrogen) atoms. The Morgan fingerprint density at radius 2 is 1.86 bits per heavy atom. The Kier molecular flexibility index (Phi) is 7.35. The maximum Gasteiger partial charge on any atom is 0.135 e. The van der Waals surface area contributed by atoms with Crippen molar-refractivity contribution in [3.8, 4) is 0 Å². The summed E-state index contributed by atoms with van der Waals surface area (Å²) in [7, 11) is 0. The van der Waals surface area contributed by atoms with Gasteiger partial charge in [0, 0.05) is 18.3 Å². The molecule has 1 atom stereocenters. The van der Waals surface area contributed by atoms with Crippen molar-refractivity contribution in [1.29, 1.82) is 0 Å². The first kappa shape index (κ1) is 13.3. The number of ketones is 1. The minimum absolute atomic E-state index is 0.101. The number of rotatable bonds is 8. The maximum absolute atomic E-state index is 11.6. The van der Waals surface area contributed by atoms with Gasteiger partial charge in [-0.1, -0.05) is 20.8 Å². The molecule has 0 aromatic rings. The highest BCUT2D eigenvalue weighted by atomic mass is 16.1. The Morgan fingerprint density at radius 3 is 2.29 bits per heavy atom. The smallest absolute Gasteiger partial charge is 0.135 e. The second-order valence-corrected chi connectivity index (χ2v) is 3.99. The highest BCUT2D eigenvalue weighted by Gasteiger charge is 2.13. The highest BCUT2D eigenvalue weighted by Crippen LogP contribution is 2.14. The van der Waals surface area contributed by atoms with Crippen molar-refractivity contribution in [2.45, 2.75) is 52.9 Å². The van der Waals surface area contributed by atoms with Gasteiger partial charge >= 0.3 is 0 Å². The zero-order valence-corrected chi connectivity index (χ0v) is 9.58. The van der Waals surface area contributed by atoms with Crippen LogP contribution in [0.25, 0.3) is 0 Å². The first-order valence-corrected chi connectivity index (χ1v) is 5.63. The van der Waals surface area contributed by atoms with Gasteiger partial charge in [-0.25, -0.2) is 0 Å². The largest absolute Gasteiger partial charge is 0.303 e. The van der Waals surface area contributed by atoms with E-state index in [0.717, 1.165) is 32.0 Å². The quantitative estimate of drug-likeness (QED) is 0.562. The molecule has 0 aliphatic rings. The van der Waals surface area contributed by atoms with E-state index in [1.807, 2.05) is 6.92 Å². The lowest BCUT2D eigenvalue weighted by Gasteiger charge is -2.10. The molecule has 0 saturated carbocycles. The molecule has 0 aliphatic carbocycles. The zero-order chi connectivity index (χ0) is 11.0. The summed E-state index contributed by atoms with van der Waals surface area (Å²) in [4.78, 5) is 21.9. The predicted molar refractivity (Wildman–Crippen MR) is 58.2 cm³/mol. The molecule has 0 saturated heterocycles. The van der Waals surface area contributed by atoms with Crippen LogP contribution in [-0.4, -0.2) is 12.1 Å². The van der Waals surface area contributed by atoms with E-state index >= 15 is 0 Å².